The van der Waals surface area contributed by atoms with Crippen molar-refractivity contribution >= 4 is 63.9 Å². The first-order chi connectivity index (χ1) is 36.1. The summed E-state index contributed by atoms with van der Waals surface area (Å²) in [7, 11) is -27.0. The molecule has 5 heterocycles. The van der Waals surface area contributed by atoms with Gasteiger partial charge in [-0.3, -0.25) is 22.8 Å². The number of hydrogen-bond acceptors (Lipinski definition) is 36. The summed E-state index contributed by atoms with van der Waals surface area (Å²) in [5.41, 5.74) is 17.9. The lowest BCUT2D eigenvalue weighted by molar-refractivity contribution is -0.372. The first-order valence-corrected chi connectivity index (χ1v) is 28.3. The van der Waals surface area contributed by atoms with Gasteiger partial charge in [0, 0.05) is 7.11 Å². The van der Waals surface area contributed by atoms with E-state index in [1.807, 2.05) is 0 Å². The number of hydrogen-bond donors (Lipinski definition) is 16. The van der Waals surface area contributed by atoms with Crippen molar-refractivity contribution in [2.24, 2.45) is 17.2 Å². The van der Waals surface area contributed by atoms with E-state index in [0.29, 0.717) is 0 Å². The van der Waals surface area contributed by atoms with Crippen molar-refractivity contribution < 1.29 is 184 Å². The third-order valence-electron chi connectivity index (χ3n) is 11.7. The zero-order valence-corrected chi connectivity index (χ0v) is 43.2. The van der Waals surface area contributed by atoms with E-state index in [-0.39, 0.29) is 0 Å². The minimum absolute atomic E-state index is 0.983. The minimum atomic E-state index is -5.94. The number of carbonyl (C=O) groups is 2. The van der Waals surface area contributed by atoms with E-state index >= 15 is 0 Å². The number of aliphatic hydroxyl groups excluding tert-OH is 6. The van der Waals surface area contributed by atoms with Crippen LogP contribution in [0.4, 0.5) is 0 Å². The Bertz CT molecular complexity index is 2670. The number of aliphatic hydroxyl groups is 6. The van der Waals surface area contributed by atoms with Gasteiger partial charge in [0.05, 0.1) is 37.9 Å². The topological polar surface area (TPSA) is 684 Å². The Labute approximate surface area is 443 Å². The molecule has 5 aliphatic heterocycles. The summed E-state index contributed by atoms with van der Waals surface area (Å²) in [5.74, 6) is -4.37. The predicted molar refractivity (Wildman–Crippen MR) is 230 cm³/mol. The standard InChI is InChI=1S/C31H53N3O40S5/c1-60-27-9(33)13(37)17(6(65-27)3-62-76(48,49)50)67-31-22(74-79(57,58)59)16(40)21(24(72-31)26(43)44)70-29-10(34)19(73-78(54,55)56)18(7(66-29)4-63-77(51,52)53)68-30-15(39)14(38)20(23(71-30)25(41)42)69-28-8(32)12(36)11(35)5(64-28)2-61-75(45,46)47/h5-24,27-31,35-40H,2-4,32-34H2,1H3,(H,41,42)(H,43,44)(H,45,46,47)(H,48,49,50)(H,51,52,53)(H,54,55,56)(H,57,58,59)/t5-,6?,7?,8?,9-,10?,11+,12+,13?,14?,15-,16?,17+,18+,19+,20-,21-,22-,23+,24?,27-,28+,29+,30+,31+/m0/s1. The molecule has 79 heavy (non-hydrogen) atoms. The molecule has 5 aliphatic rings. The quantitative estimate of drug-likeness (QED) is 0.0399. The van der Waals surface area contributed by atoms with Gasteiger partial charge in [-0.05, 0) is 0 Å². The average molecular weight is 1270 g/mol. The Hall–Kier alpha value is -2.47. The zero-order valence-electron chi connectivity index (χ0n) is 39.2. The van der Waals surface area contributed by atoms with Crippen LogP contribution in [0.15, 0.2) is 0 Å². The van der Waals surface area contributed by atoms with E-state index in [1.165, 1.54) is 0 Å². The first-order valence-electron chi connectivity index (χ1n) is 21.5. The van der Waals surface area contributed by atoms with E-state index in [4.69, 9.17) is 73.7 Å². The number of carboxylic acid groups (broad SMARTS) is 2. The fourth-order valence-electron chi connectivity index (χ4n) is 8.18. The number of carboxylic acids is 2. The van der Waals surface area contributed by atoms with E-state index < -0.39 is 237 Å². The van der Waals surface area contributed by atoms with Crippen LogP contribution in [0.25, 0.3) is 0 Å². The molecule has 5 saturated heterocycles. The third-order valence-corrected chi connectivity index (χ3v) is 14.0. The van der Waals surface area contributed by atoms with Gasteiger partial charge < -0.3 is 105 Å². The predicted octanol–water partition coefficient (Wildman–Crippen LogP) is -12.1. The Balaban J connectivity index is 1.48. The smallest absolute Gasteiger partial charge is 0.397 e. The zero-order chi connectivity index (χ0) is 59.8. The monoisotopic (exact) mass is 1270 g/mol. The van der Waals surface area contributed by atoms with Crippen molar-refractivity contribution in [2.45, 2.75) is 153 Å². The maximum atomic E-state index is 12.8. The Morgan fingerprint density at radius 2 is 0.772 bits per heavy atom. The molecule has 5 fully saturated rings. The molecular weight excluding hydrogens is 1210 g/mol. The van der Waals surface area contributed by atoms with Crippen molar-refractivity contribution in [3.63, 3.8) is 0 Å². The summed E-state index contributed by atoms with van der Waals surface area (Å²) in [6.45, 7) is -4.22. The molecule has 0 aliphatic carbocycles. The molecule has 0 bridgehead atoms. The summed E-state index contributed by atoms with van der Waals surface area (Å²) >= 11 is 0. The minimum Gasteiger partial charge on any atom is -0.479 e. The molecule has 0 aromatic heterocycles. The highest BCUT2D eigenvalue weighted by Crippen LogP contribution is 2.37. The fourth-order valence-corrected chi connectivity index (χ4v) is 10.1. The summed E-state index contributed by atoms with van der Waals surface area (Å²) in [4.78, 5) is 25.4. The lowest BCUT2D eigenvalue weighted by atomic mass is 9.94. The van der Waals surface area contributed by atoms with Gasteiger partial charge in [-0.1, -0.05) is 0 Å². The van der Waals surface area contributed by atoms with Crippen LogP contribution in [0, 0.1) is 0 Å². The van der Waals surface area contributed by atoms with Gasteiger partial charge in [-0.2, -0.15) is 42.1 Å². The molecule has 0 aromatic rings. The van der Waals surface area contributed by atoms with Gasteiger partial charge in [-0.15, -0.1) is 0 Å². The van der Waals surface area contributed by atoms with Crippen LogP contribution in [-0.4, -0.2) is 298 Å². The molecular formula is C31H53N3O40S5. The molecule has 25 atom stereocenters. The fraction of sp³-hybridized carbons (Fsp3) is 0.935. The molecule has 8 unspecified atom stereocenters. The maximum absolute atomic E-state index is 12.8. The Morgan fingerprint density at radius 3 is 1.24 bits per heavy atom. The van der Waals surface area contributed by atoms with Gasteiger partial charge in [0.2, 0.25) is 0 Å². The number of nitrogens with two attached hydrogens (primary N) is 3. The highest BCUT2D eigenvalue weighted by molar-refractivity contribution is 7.81. The van der Waals surface area contributed by atoms with Gasteiger partial charge in [0.1, 0.15) is 85.5 Å². The summed E-state index contributed by atoms with van der Waals surface area (Å²) in [6, 6.07) is -6.11. The second-order valence-electron chi connectivity index (χ2n) is 17.1. The second kappa shape index (κ2) is 26.2. The summed E-state index contributed by atoms with van der Waals surface area (Å²) < 4.78 is 240. The van der Waals surface area contributed by atoms with Crippen molar-refractivity contribution in [1.82, 2.24) is 0 Å². The summed E-state index contributed by atoms with van der Waals surface area (Å²) in [6.07, 6.45) is -54.1. The lowest BCUT2D eigenvalue weighted by Gasteiger charge is -2.50. The molecule has 0 saturated carbocycles. The average Bonchev–Trinajstić information content (AvgIpc) is 3.37. The molecule has 462 valence electrons. The molecule has 0 aromatic carbocycles. The number of ether oxygens (including phenoxy) is 10. The van der Waals surface area contributed by atoms with Crippen molar-refractivity contribution in [2.75, 3.05) is 26.9 Å². The van der Waals surface area contributed by atoms with Gasteiger partial charge >= 0.3 is 63.9 Å². The molecule has 48 heteroatoms. The highest BCUT2D eigenvalue weighted by atomic mass is 32.3. The maximum Gasteiger partial charge on any atom is 0.397 e. The van der Waals surface area contributed by atoms with Crippen molar-refractivity contribution in [3.05, 3.63) is 0 Å². The van der Waals surface area contributed by atoms with Crippen LogP contribution < -0.4 is 17.2 Å². The molecule has 5 rings (SSSR count). The summed E-state index contributed by atoms with van der Waals surface area (Å²) in [5, 5.41) is 86.4. The molecule has 19 N–H and O–H groups in total. The Kier molecular flexibility index (Phi) is 22.3. The first kappa shape index (κ1) is 67.3. The molecule has 0 spiro atoms. The van der Waals surface area contributed by atoms with Gasteiger partial charge in [-0.25, -0.2) is 30.5 Å². The van der Waals surface area contributed by atoms with Gasteiger partial charge in [0.15, 0.2) is 49.8 Å². The lowest BCUT2D eigenvalue weighted by Crippen LogP contribution is -2.70. The number of methoxy groups -OCH3 is 1. The van der Waals surface area contributed by atoms with Crippen LogP contribution in [0.2, 0.25) is 0 Å². The molecule has 0 radical (unpaired) electrons. The Morgan fingerprint density at radius 1 is 0.392 bits per heavy atom. The van der Waals surface area contributed by atoms with Crippen molar-refractivity contribution in [3.8, 4) is 0 Å². The SMILES string of the molecule is CO[C@H]1OC(COS(=O)(=O)O)[C@@H](O[C@@H]2OC(C(=O)O)[C@@H](O[C@H]3OC(COS(=O)(=O)O)[C@@H](O[C@@H]4O[C@@H](C(=O)O)[C@@H](O[C@H]5O[C@@H](COS(=O)(=O)O)[C@@H](O)[C@H](O)C5N)C(O)[C@@H]4O)[C@H](OS(=O)(=O)O)C3N)C(O)[C@@H]2OS(=O)(=O)O)C(O)[C@@H]1N. The normalized spacial score (nSPS) is 42.1. The van der Waals surface area contributed by atoms with Crippen molar-refractivity contribution in [1.29, 1.82) is 0 Å². The van der Waals surface area contributed by atoms with Gasteiger partial charge in [0.25, 0.3) is 0 Å². The number of aliphatic carboxylic acids is 2. The molecule has 0 amide bonds. The van der Waals surface area contributed by atoms with Crippen LogP contribution >= 0.6 is 0 Å². The van der Waals surface area contributed by atoms with E-state index in [2.05, 4.69) is 20.9 Å². The second-order valence-corrected chi connectivity index (χ2v) is 22.5. The van der Waals surface area contributed by atoms with Crippen LogP contribution in [0.3, 0.4) is 0 Å². The van der Waals surface area contributed by atoms with E-state index in [0.717, 1.165) is 7.11 Å². The van der Waals surface area contributed by atoms with Crippen LogP contribution in [0.5, 0.6) is 0 Å². The number of rotatable bonds is 24. The largest absolute Gasteiger partial charge is 0.479 e. The molecule has 43 nitrogen and oxygen atoms in total. The third kappa shape index (κ3) is 17.8. The van der Waals surface area contributed by atoms with E-state index in [1.54, 1.807) is 0 Å². The van der Waals surface area contributed by atoms with E-state index in [9.17, 15) is 106 Å². The van der Waals surface area contributed by atoms with Crippen LogP contribution in [-0.2, 0) is 130 Å². The highest BCUT2D eigenvalue weighted by Gasteiger charge is 2.60. The van der Waals surface area contributed by atoms with Crippen LogP contribution in [0.1, 0.15) is 0 Å².